The van der Waals surface area contributed by atoms with Gasteiger partial charge in [-0.3, -0.25) is 4.79 Å². The summed E-state index contributed by atoms with van der Waals surface area (Å²) in [4.78, 5) is 13.8. The third-order valence-electron chi connectivity index (χ3n) is 3.44. The van der Waals surface area contributed by atoms with Crippen molar-refractivity contribution in [3.63, 3.8) is 0 Å². The van der Waals surface area contributed by atoms with Gasteiger partial charge in [0, 0.05) is 12.1 Å². The lowest BCUT2D eigenvalue weighted by Crippen LogP contribution is -2.33. The van der Waals surface area contributed by atoms with Gasteiger partial charge in [0.05, 0.1) is 18.0 Å². The second kappa shape index (κ2) is 4.21. The minimum atomic E-state index is -0.192. The topological polar surface area (TPSA) is 44.1 Å². The molecule has 0 saturated carbocycles. The first-order chi connectivity index (χ1) is 8.04. The highest BCUT2D eigenvalue weighted by Gasteiger charge is 2.38. The zero-order chi connectivity index (χ0) is 12.6. The van der Waals surface area contributed by atoms with E-state index in [1.54, 1.807) is 4.90 Å². The van der Waals surface area contributed by atoms with Gasteiger partial charge < -0.3 is 4.90 Å². The molecule has 1 aromatic carbocycles. The number of rotatable bonds is 1. The maximum absolute atomic E-state index is 12.0. The van der Waals surface area contributed by atoms with E-state index < -0.39 is 0 Å². The highest BCUT2D eigenvalue weighted by molar-refractivity contribution is 5.97. The summed E-state index contributed by atoms with van der Waals surface area (Å²) in [5.41, 5.74) is 3.15. The Morgan fingerprint density at radius 3 is 2.71 bits per heavy atom. The molecule has 2 atom stereocenters. The number of nitrogens with zero attached hydrogens (tertiary/aromatic N) is 2. The highest BCUT2D eigenvalue weighted by Crippen LogP contribution is 2.32. The molecule has 1 fully saturated rings. The van der Waals surface area contributed by atoms with Crippen LogP contribution in [0, 0.1) is 31.1 Å². The molecule has 0 spiro atoms. The van der Waals surface area contributed by atoms with E-state index in [2.05, 4.69) is 6.07 Å². The number of hydrogen-bond acceptors (Lipinski definition) is 2. The van der Waals surface area contributed by atoms with E-state index in [-0.39, 0.29) is 17.9 Å². The van der Waals surface area contributed by atoms with Crippen LogP contribution in [0.4, 0.5) is 5.69 Å². The third kappa shape index (κ3) is 1.91. The van der Waals surface area contributed by atoms with Gasteiger partial charge in [-0.25, -0.2) is 0 Å². The molecule has 1 aromatic rings. The van der Waals surface area contributed by atoms with Crippen LogP contribution in [0.15, 0.2) is 18.2 Å². The van der Waals surface area contributed by atoms with Crippen LogP contribution < -0.4 is 4.90 Å². The molecule has 3 heteroatoms. The molecule has 88 valence electrons. The van der Waals surface area contributed by atoms with Gasteiger partial charge in [-0.1, -0.05) is 12.1 Å². The Labute approximate surface area is 102 Å². The smallest absolute Gasteiger partial charge is 0.228 e. The summed E-state index contributed by atoms with van der Waals surface area (Å²) < 4.78 is 0. The molecule has 1 saturated heterocycles. The maximum Gasteiger partial charge on any atom is 0.228 e. The van der Waals surface area contributed by atoms with E-state index >= 15 is 0 Å². The maximum atomic E-state index is 12.0. The van der Waals surface area contributed by atoms with E-state index in [4.69, 9.17) is 5.26 Å². The number of benzene rings is 1. The number of nitriles is 1. The van der Waals surface area contributed by atoms with Crippen LogP contribution in [0.2, 0.25) is 0 Å². The van der Waals surface area contributed by atoms with Gasteiger partial charge in [0.15, 0.2) is 0 Å². The largest absolute Gasteiger partial charge is 0.308 e. The van der Waals surface area contributed by atoms with Crippen molar-refractivity contribution in [2.45, 2.75) is 33.2 Å². The number of carbonyl (C=O) groups excluding carboxylic acids is 1. The second-order valence-electron chi connectivity index (χ2n) is 4.73. The molecule has 2 unspecified atom stereocenters. The van der Waals surface area contributed by atoms with Crippen molar-refractivity contribution in [2.75, 3.05) is 4.90 Å². The van der Waals surface area contributed by atoms with Gasteiger partial charge in [0.2, 0.25) is 5.91 Å². The lowest BCUT2D eigenvalue weighted by Gasteiger charge is -2.25. The van der Waals surface area contributed by atoms with E-state index in [9.17, 15) is 4.79 Å². The standard InChI is InChI=1S/C14H16N2O/c1-9-4-5-10(2)13(6-9)16-11(3)12(8-15)7-14(16)17/h4-6,11-12H,7H2,1-3H3. The average molecular weight is 228 g/mol. The lowest BCUT2D eigenvalue weighted by atomic mass is 10.0. The normalized spacial score (nSPS) is 23.9. The fourth-order valence-corrected chi connectivity index (χ4v) is 2.35. The fourth-order valence-electron chi connectivity index (χ4n) is 2.35. The van der Waals surface area contributed by atoms with E-state index in [0.29, 0.717) is 6.42 Å². The van der Waals surface area contributed by atoms with Gasteiger partial charge in [0.25, 0.3) is 0 Å². The van der Waals surface area contributed by atoms with Gasteiger partial charge in [-0.2, -0.15) is 5.26 Å². The Morgan fingerprint density at radius 2 is 2.12 bits per heavy atom. The molecule has 1 aliphatic heterocycles. The first-order valence-corrected chi connectivity index (χ1v) is 5.83. The molecule has 0 aromatic heterocycles. The first-order valence-electron chi connectivity index (χ1n) is 5.83. The minimum absolute atomic E-state index is 0.0343. The lowest BCUT2D eigenvalue weighted by molar-refractivity contribution is -0.117. The summed E-state index contributed by atoms with van der Waals surface area (Å²) in [6.45, 7) is 5.95. The summed E-state index contributed by atoms with van der Waals surface area (Å²) in [5, 5.41) is 9.01. The first kappa shape index (κ1) is 11.7. The molecule has 0 aliphatic carbocycles. The van der Waals surface area contributed by atoms with Crippen LogP contribution in [-0.4, -0.2) is 11.9 Å². The summed E-state index contributed by atoms with van der Waals surface area (Å²) in [6.07, 6.45) is 0.338. The Morgan fingerprint density at radius 1 is 1.41 bits per heavy atom. The molecule has 17 heavy (non-hydrogen) atoms. The quantitative estimate of drug-likeness (QED) is 0.741. The van der Waals surface area contributed by atoms with Crippen LogP contribution in [0.25, 0.3) is 0 Å². The molecule has 3 nitrogen and oxygen atoms in total. The summed E-state index contributed by atoms with van der Waals surface area (Å²) in [6, 6.07) is 8.25. The molecule has 0 bridgehead atoms. The monoisotopic (exact) mass is 228 g/mol. The molecule has 1 aliphatic rings. The molecule has 0 N–H and O–H groups in total. The number of aryl methyl sites for hydroxylation is 2. The number of carbonyl (C=O) groups is 1. The van der Waals surface area contributed by atoms with Crippen molar-refractivity contribution in [3.8, 4) is 6.07 Å². The van der Waals surface area contributed by atoms with Gasteiger partial charge in [0.1, 0.15) is 0 Å². The van der Waals surface area contributed by atoms with Gasteiger partial charge in [-0.05, 0) is 38.0 Å². The zero-order valence-corrected chi connectivity index (χ0v) is 10.4. The Hall–Kier alpha value is -1.82. The van der Waals surface area contributed by atoms with Gasteiger partial charge >= 0.3 is 0 Å². The van der Waals surface area contributed by atoms with Gasteiger partial charge in [-0.15, -0.1) is 0 Å². The van der Waals surface area contributed by atoms with Crippen LogP contribution in [-0.2, 0) is 4.79 Å². The number of anilines is 1. The summed E-state index contributed by atoms with van der Waals surface area (Å²) in [5.74, 6) is -0.139. The van der Waals surface area contributed by atoms with Crippen LogP contribution in [0.5, 0.6) is 0 Å². The molecule has 0 radical (unpaired) electrons. The van der Waals surface area contributed by atoms with Crippen molar-refractivity contribution < 1.29 is 4.79 Å². The number of hydrogen-bond donors (Lipinski definition) is 0. The predicted octanol–water partition coefficient (Wildman–Crippen LogP) is 2.57. The third-order valence-corrected chi connectivity index (χ3v) is 3.44. The SMILES string of the molecule is Cc1ccc(C)c(N2C(=O)CC(C#N)C2C)c1. The van der Waals surface area contributed by atoms with Crippen molar-refractivity contribution >= 4 is 11.6 Å². The van der Waals surface area contributed by atoms with Crippen LogP contribution >= 0.6 is 0 Å². The van der Waals surface area contributed by atoms with E-state index in [1.165, 1.54) is 0 Å². The van der Waals surface area contributed by atoms with Crippen molar-refractivity contribution in [3.05, 3.63) is 29.3 Å². The molecular weight excluding hydrogens is 212 g/mol. The highest BCUT2D eigenvalue weighted by atomic mass is 16.2. The van der Waals surface area contributed by atoms with Crippen molar-refractivity contribution in [2.24, 2.45) is 5.92 Å². The number of amides is 1. The molecule has 2 rings (SSSR count). The molecule has 1 amide bonds. The van der Waals surface area contributed by atoms with Crippen molar-refractivity contribution in [1.82, 2.24) is 0 Å². The Kier molecular flexibility index (Phi) is 2.89. The summed E-state index contributed by atoms with van der Waals surface area (Å²) >= 11 is 0. The molecule has 1 heterocycles. The Balaban J connectivity index is 2.44. The van der Waals surface area contributed by atoms with Crippen LogP contribution in [0.1, 0.15) is 24.5 Å². The predicted molar refractivity (Wildman–Crippen MR) is 66.6 cm³/mol. The second-order valence-corrected chi connectivity index (χ2v) is 4.73. The Bertz CT molecular complexity index is 501. The van der Waals surface area contributed by atoms with Crippen LogP contribution in [0.3, 0.4) is 0 Å². The minimum Gasteiger partial charge on any atom is -0.308 e. The zero-order valence-electron chi connectivity index (χ0n) is 10.4. The van der Waals surface area contributed by atoms with E-state index in [1.807, 2.05) is 39.0 Å². The average Bonchev–Trinajstić information content (AvgIpc) is 2.58. The molecular formula is C14H16N2O. The summed E-state index contributed by atoms with van der Waals surface area (Å²) in [7, 11) is 0. The fraction of sp³-hybridized carbons (Fsp3) is 0.429. The van der Waals surface area contributed by atoms with E-state index in [0.717, 1.165) is 16.8 Å². The van der Waals surface area contributed by atoms with Crippen molar-refractivity contribution in [1.29, 1.82) is 5.26 Å².